The number of non-ortho nitro benzene ring substituents is 1. The number of hydrogen-bond donors (Lipinski definition) is 2. The van der Waals surface area contributed by atoms with Crippen molar-refractivity contribution < 1.29 is 14.4 Å². The molecule has 1 atom stereocenters. The van der Waals surface area contributed by atoms with E-state index in [1.165, 1.54) is 6.07 Å². The molecule has 1 aromatic rings. The fraction of sp³-hybridized carbons (Fsp3) is 0.455. The summed E-state index contributed by atoms with van der Waals surface area (Å²) in [4.78, 5) is 9.86. The van der Waals surface area contributed by atoms with Gasteiger partial charge < -0.3 is 10.4 Å². The lowest BCUT2D eigenvalue weighted by atomic mass is 10.0. The minimum absolute atomic E-state index is 0.199. The summed E-state index contributed by atoms with van der Waals surface area (Å²) in [6.07, 6.45) is 0.525. The van der Waals surface area contributed by atoms with E-state index in [9.17, 15) is 19.6 Å². The fourth-order valence-electron chi connectivity index (χ4n) is 1.20. The summed E-state index contributed by atoms with van der Waals surface area (Å²) >= 11 is 0. The van der Waals surface area contributed by atoms with Crippen LogP contribution in [0.5, 0.6) is 0 Å². The Morgan fingerprint density at radius 2 is 2.18 bits per heavy atom. The molecule has 0 bridgehead atoms. The average molecular weight is 242 g/mol. The van der Waals surface area contributed by atoms with Gasteiger partial charge in [-0.15, -0.1) is 0 Å². The lowest BCUT2D eigenvalue weighted by molar-refractivity contribution is -0.385. The van der Waals surface area contributed by atoms with Gasteiger partial charge in [-0.2, -0.15) is 0 Å². The van der Waals surface area contributed by atoms with Crippen LogP contribution in [0.2, 0.25) is 0 Å². The maximum Gasteiger partial charge on any atom is 0.274 e. The largest absolute Gasteiger partial charge is 0.388 e. The quantitative estimate of drug-likeness (QED) is 0.613. The van der Waals surface area contributed by atoms with Crippen LogP contribution in [0, 0.1) is 15.9 Å². The van der Waals surface area contributed by atoms with Crippen molar-refractivity contribution in [3.63, 3.8) is 0 Å². The van der Waals surface area contributed by atoms with Gasteiger partial charge in [-0.1, -0.05) is 6.92 Å². The van der Waals surface area contributed by atoms with Gasteiger partial charge in [-0.05, 0) is 19.4 Å². The van der Waals surface area contributed by atoms with Crippen LogP contribution in [-0.4, -0.2) is 22.2 Å². The third kappa shape index (κ3) is 3.99. The van der Waals surface area contributed by atoms with Gasteiger partial charge in [0.15, 0.2) is 0 Å². The summed E-state index contributed by atoms with van der Waals surface area (Å²) in [5.41, 5.74) is -0.963. The number of benzene rings is 1. The first-order valence-corrected chi connectivity index (χ1v) is 5.25. The van der Waals surface area contributed by atoms with E-state index >= 15 is 0 Å². The summed E-state index contributed by atoms with van der Waals surface area (Å²) < 4.78 is 13.1. The second-order valence-electron chi connectivity index (χ2n) is 4.16. The molecule has 0 radical (unpaired) electrons. The van der Waals surface area contributed by atoms with Gasteiger partial charge in [-0.25, -0.2) is 4.39 Å². The highest BCUT2D eigenvalue weighted by atomic mass is 19.1. The summed E-state index contributed by atoms with van der Waals surface area (Å²) in [6.45, 7) is 3.65. The second-order valence-corrected chi connectivity index (χ2v) is 4.16. The topological polar surface area (TPSA) is 75.4 Å². The Balaban J connectivity index is 2.81. The minimum Gasteiger partial charge on any atom is -0.388 e. The number of anilines is 1. The summed E-state index contributed by atoms with van der Waals surface area (Å²) in [5, 5.41) is 23.0. The van der Waals surface area contributed by atoms with Crippen molar-refractivity contribution in [1.82, 2.24) is 0 Å². The van der Waals surface area contributed by atoms with Crippen LogP contribution in [0.3, 0.4) is 0 Å². The fourth-order valence-corrected chi connectivity index (χ4v) is 1.20. The molecule has 0 amide bonds. The Morgan fingerprint density at radius 3 is 2.71 bits per heavy atom. The molecule has 94 valence electrons. The van der Waals surface area contributed by atoms with Crippen LogP contribution >= 0.6 is 0 Å². The van der Waals surface area contributed by atoms with Crippen LogP contribution in [0.25, 0.3) is 0 Å². The van der Waals surface area contributed by atoms with Crippen molar-refractivity contribution in [3.05, 3.63) is 34.1 Å². The zero-order chi connectivity index (χ0) is 13.1. The molecule has 0 aliphatic rings. The molecular weight excluding hydrogens is 227 g/mol. The number of rotatable bonds is 5. The predicted molar refractivity (Wildman–Crippen MR) is 62.5 cm³/mol. The third-order valence-corrected chi connectivity index (χ3v) is 2.53. The van der Waals surface area contributed by atoms with E-state index < -0.39 is 16.3 Å². The first-order chi connectivity index (χ1) is 7.84. The lowest BCUT2D eigenvalue weighted by Crippen LogP contribution is -2.32. The van der Waals surface area contributed by atoms with E-state index in [0.29, 0.717) is 6.42 Å². The molecule has 5 nitrogen and oxygen atoms in total. The van der Waals surface area contributed by atoms with E-state index in [2.05, 4.69) is 5.32 Å². The van der Waals surface area contributed by atoms with Crippen LogP contribution < -0.4 is 5.32 Å². The average Bonchev–Trinajstić information content (AvgIpc) is 2.26. The van der Waals surface area contributed by atoms with Crippen molar-refractivity contribution in [3.8, 4) is 0 Å². The normalized spacial score (nSPS) is 14.1. The highest BCUT2D eigenvalue weighted by Crippen LogP contribution is 2.21. The molecule has 1 aromatic carbocycles. The van der Waals surface area contributed by atoms with Gasteiger partial charge in [-0.3, -0.25) is 10.1 Å². The zero-order valence-electron chi connectivity index (χ0n) is 9.74. The van der Waals surface area contributed by atoms with Crippen LogP contribution in [0.1, 0.15) is 20.3 Å². The molecule has 0 aliphatic heterocycles. The number of nitrogens with zero attached hydrogens (tertiary/aromatic N) is 1. The molecule has 17 heavy (non-hydrogen) atoms. The number of hydrogen-bond acceptors (Lipinski definition) is 4. The Kier molecular flexibility index (Phi) is 4.01. The standard InChI is InChI=1S/C11H15FN2O3/c1-3-11(2,15)7-13-9-4-8(12)5-10(6-9)14(16)17/h4-6,13,15H,3,7H2,1-2H3. The first-order valence-electron chi connectivity index (χ1n) is 5.25. The van der Waals surface area contributed by atoms with Crippen LogP contribution in [-0.2, 0) is 0 Å². The van der Waals surface area contributed by atoms with Gasteiger partial charge in [0.25, 0.3) is 5.69 Å². The molecule has 0 heterocycles. The molecule has 0 aromatic heterocycles. The molecule has 0 aliphatic carbocycles. The molecule has 0 spiro atoms. The smallest absolute Gasteiger partial charge is 0.274 e. The minimum atomic E-state index is -0.929. The maximum absolute atomic E-state index is 13.1. The highest BCUT2D eigenvalue weighted by molar-refractivity contribution is 5.51. The number of aliphatic hydroxyl groups is 1. The molecule has 6 heteroatoms. The van der Waals surface area contributed by atoms with Crippen molar-refractivity contribution in [2.45, 2.75) is 25.9 Å². The Labute approximate surface area is 98.4 Å². The van der Waals surface area contributed by atoms with E-state index in [4.69, 9.17) is 0 Å². The SMILES string of the molecule is CCC(C)(O)CNc1cc(F)cc([N+](=O)[O-])c1. The van der Waals surface area contributed by atoms with Gasteiger partial charge in [0.1, 0.15) is 5.82 Å². The Bertz CT molecular complexity index is 421. The summed E-state index contributed by atoms with van der Waals surface area (Å²) in [7, 11) is 0. The van der Waals surface area contributed by atoms with Crippen molar-refractivity contribution in [1.29, 1.82) is 0 Å². The zero-order valence-corrected chi connectivity index (χ0v) is 9.74. The third-order valence-electron chi connectivity index (χ3n) is 2.53. The molecule has 1 rings (SSSR count). The van der Waals surface area contributed by atoms with Crippen LogP contribution in [0.4, 0.5) is 15.8 Å². The Morgan fingerprint density at radius 1 is 1.53 bits per heavy atom. The van der Waals surface area contributed by atoms with Crippen molar-refractivity contribution in [2.75, 3.05) is 11.9 Å². The molecule has 0 fully saturated rings. The van der Waals surface area contributed by atoms with Crippen LogP contribution in [0.15, 0.2) is 18.2 Å². The van der Waals surface area contributed by atoms with Gasteiger partial charge >= 0.3 is 0 Å². The molecular formula is C11H15FN2O3. The maximum atomic E-state index is 13.1. The van der Waals surface area contributed by atoms with Gasteiger partial charge in [0.05, 0.1) is 16.6 Å². The second kappa shape index (κ2) is 5.09. The van der Waals surface area contributed by atoms with E-state index in [0.717, 1.165) is 12.1 Å². The Hall–Kier alpha value is -1.69. The van der Waals surface area contributed by atoms with Crippen molar-refractivity contribution >= 4 is 11.4 Å². The highest BCUT2D eigenvalue weighted by Gasteiger charge is 2.17. The number of nitrogens with one attached hydrogen (secondary N) is 1. The van der Waals surface area contributed by atoms with Crippen molar-refractivity contribution in [2.24, 2.45) is 0 Å². The van der Waals surface area contributed by atoms with Gasteiger partial charge in [0.2, 0.25) is 0 Å². The predicted octanol–water partition coefficient (Wildman–Crippen LogP) is 2.31. The molecule has 0 saturated carbocycles. The van der Waals surface area contributed by atoms with E-state index in [1.54, 1.807) is 6.92 Å². The number of nitro groups is 1. The molecule has 1 unspecified atom stereocenters. The summed E-state index contributed by atoms with van der Waals surface area (Å²) in [5.74, 6) is -0.683. The van der Waals surface area contributed by atoms with Gasteiger partial charge in [0, 0.05) is 18.3 Å². The molecule has 0 saturated heterocycles. The van der Waals surface area contributed by atoms with E-state index in [-0.39, 0.29) is 17.9 Å². The molecule has 2 N–H and O–H groups in total. The first kappa shape index (κ1) is 13.4. The summed E-state index contributed by atoms with van der Waals surface area (Å²) in [6, 6.07) is 3.23. The monoisotopic (exact) mass is 242 g/mol. The number of halogens is 1. The lowest BCUT2D eigenvalue weighted by Gasteiger charge is -2.22. The number of nitro benzene ring substituents is 1. The van der Waals surface area contributed by atoms with E-state index in [1.807, 2.05) is 6.92 Å².